The van der Waals surface area contributed by atoms with E-state index in [2.05, 4.69) is 21.4 Å². The smallest absolute Gasteiger partial charge is 0.267 e. The van der Waals surface area contributed by atoms with Gasteiger partial charge in [0, 0.05) is 21.5 Å². The normalized spacial score (nSPS) is 10.4. The predicted molar refractivity (Wildman–Crippen MR) is 74.6 cm³/mol. The topological polar surface area (TPSA) is 60.1 Å². The van der Waals surface area contributed by atoms with Crippen molar-refractivity contribution >= 4 is 21.8 Å². The predicted octanol–water partition coefficient (Wildman–Crippen LogP) is 2.46. The summed E-state index contributed by atoms with van der Waals surface area (Å²) < 4.78 is 3.05. The minimum absolute atomic E-state index is 0.272. The summed E-state index contributed by atoms with van der Waals surface area (Å²) in [6, 6.07) is 9.76. The first-order valence-corrected chi connectivity index (χ1v) is 6.29. The molecule has 4 nitrogen and oxygen atoms in total. The lowest BCUT2D eigenvalue weighted by molar-refractivity contribution is 0.0953. The molecule has 3 N–H and O–H groups in total. The van der Waals surface area contributed by atoms with Crippen LogP contribution < -0.4 is 11.3 Å². The van der Waals surface area contributed by atoms with Crippen LogP contribution in [0.25, 0.3) is 5.69 Å². The zero-order chi connectivity index (χ0) is 13.3. The van der Waals surface area contributed by atoms with Crippen LogP contribution in [0.3, 0.4) is 0 Å². The Kier molecular flexibility index (Phi) is 3.54. The molecule has 1 amide bonds. The maximum Gasteiger partial charge on any atom is 0.267 e. The lowest BCUT2D eigenvalue weighted by atomic mass is 10.2. The van der Waals surface area contributed by atoms with E-state index >= 15 is 0 Å². The van der Waals surface area contributed by atoms with Gasteiger partial charge in [0.15, 0.2) is 0 Å². The average molecular weight is 308 g/mol. The van der Waals surface area contributed by atoms with Gasteiger partial charge in [-0.15, -0.1) is 0 Å². The summed E-state index contributed by atoms with van der Waals surface area (Å²) in [6.07, 6.45) is 0. The first-order chi connectivity index (χ1) is 8.54. The van der Waals surface area contributed by atoms with E-state index in [4.69, 9.17) is 5.84 Å². The third-order valence-electron chi connectivity index (χ3n) is 2.89. The number of nitrogens with zero attached hydrogens (tertiary/aromatic N) is 1. The molecule has 18 heavy (non-hydrogen) atoms. The molecule has 1 aromatic heterocycles. The summed E-state index contributed by atoms with van der Waals surface area (Å²) in [5.74, 6) is 4.90. The van der Waals surface area contributed by atoms with Gasteiger partial charge in [-0.1, -0.05) is 15.9 Å². The Bertz CT molecular complexity index is 587. The number of nitrogen functional groups attached to an aromatic ring is 1. The van der Waals surface area contributed by atoms with E-state index in [0.29, 0.717) is 5.56 Å². The molecule has 0 aliphatic rings. The Morgan fingerprint density at radius 2 is 1.89 bits per heavy atom. The monoisotopic (exact) mass is 307 g/mol. The van der Waals surface area contributed by atoms with Gasteiger partial charge in [-0.2, -0.15) is 0 Å². The van der Waals surface area contributed by atoms with Crippen LogP contribution in [-0.4, -0.2) is 10.5 Å². The summed E-state index contributed by atoms with van der Waals surface area (Å²) >= 11 is 3.40. The number of rotatable bonds is 2. The van der Waals surface area contributed by atoms with Crippen molar-refractivity contribution in [3.63, 3.8) is 0 Å². The van der Waals surface area contributed by atoms with Crippen LogP contribution in [0.4, 0.5) is 0 Å². The molecular formula is C13H14BrN3O. The summed E-state index contributed by atoms with van der Waals surface area (Å²) in [6.45, 7) is 3.86. The van der Waals surface area contributed by atoms with Crippen LogP contribution in [0.2, 0.25) is 0 Å². The highest BCUT2D eigenvalue weighted by molar-refractivity contribution is 9.10. The molecule has 94 valence electrons. The molecule has 0 saturated heterocycles. The van der Waals surface area contributed by atoms with Gasteiger partial charge in [0.2, 0.25) is 0 Å². The Morgan fingerprint density at radius 1 is 1.28 bits per heavy atom. The molecule has 5 heteroatoms. The number of nitrogens with one attached hydrogen (secondary N) is 1. The van der Waals surface area contributed by atoms with Crippen LogP contribution in [0, 0.1) is 13.8 Å². The maximum atomic E-state index is 11.6. The van der Waals surface area contributed by atoms with Crippen LogP contribution in [0.15, 0.2) is 34.8 Å². The fraction of sp³-hybridized carbons (Fsp3) is 0.154. The fourth-order valence-electron chi connectivity index (χ4n) is 2.06. The lowest BCUT2D eigenvalue weighted by Crippen LogP contribution is -2.30. The molecule has 1 aromatic carbocycles. The number of carbonyl (C=O) groups is 1. The van der Waals surface area contributed by atoms with Gasteiger partial charge < -0.3 is 4.57 Å². The summed E-state index contributed by atoms with van der Waals surface area (Å²) in [5, 5.41) is 0. The van der Waals surface area contributed by atoms with E-state index in [1.807, 2.05) is 48.7 Å². The largest absolute Gasteiger partial charge is 0.318 e. The fourth-order valence-corrected chi connectivity index (χ4v) is 2.32. The van der Waals surface area contributed by atoms with Crippen molar-refractivity contribution in [1.29, 1.82) is 0 Å². The number of aromatic nitrogens is 1. The van der Waals surface area contributed by atoms with Gasteiger partial charge in [0.05, 0.1) is 5.56 Å². The summed E-state index contributed by atoms with van der Waals surface area (Å²) in [7, 11) is 0. The molecule has 0 radical (unpaired) electrons. The molecule has 0 unspecified atom stereocenters. The van der Waals surface area contributed by atoms with E-state index < -0.39 is 0 Å². The van der Waals surface area contributed by atoms with E-state index in [1.54, 1.807) is 0 Å². The average Bonchev–Trinajstić information content (AvgIpc) is 2.65. The molecule has 0 bridgehead atoms. The van der Waals surface area contributed by atoms with Crippen molar-refractivity contribution in [3.8, 4) is 5.69 Å². The summed E-state index contributed by atoms with van der Waals surface area (Å²) in [4.78, 5) is 11.6. The first kappa shape index (κ1) is 12.9. The molecule has 2 rings (SSSR count). The SMILES string of the molecule is Cc1cc(C(=O)NN)c(C)n1-c1ccc(Br)cc1. The van der Waals surface area contributed by atoms with E-state index in [1.165, 1.54) is 0 Å². The molecular weight excluding hydrogens is 294 g/mol. The number of carbonyl (C=O) groups excluding carboxylic acids is 1. The number of amides is 1. The van der Waals surface area contributed by atoms with Gasteiger partial charge >= 0.3 is 0 Å². The first-order valence-electron chi connectivity index (χ1n) is 5.50. The van der Waals surface area contributed by atoms with Crippen LogP contribution in [0.1, 0.15) is 21.7 Å². The second-order valence-corrected chi connectivity index (χ2v) is 4.99. The Morgan fingerprint density at radius 3 is 2.44 bits per heavy atom. The van der Waals surface area contributed by atoms with Gasteiger partial charge in [-0.25, -0.2) is 5.84 Å². The van der Waals surface area contributed by atoms with Crippen molar-refractivity contribution in [2.75, 3.05) is 0 Å². The third-order valence-corrected chi connectivity index (χ3v) is 3.42. The number of nitrogens with two attached hydrogens (primary N) is 1. The molecule has 0 atom stereocenters. The molecule has 0 saturated carbocycles. The lowest BCUT2D eigenvalue weighted by Gasteiger charge is -2.09. The van der Waals surface area contributed by atoms with Gasteiger partial charge in [0.1, 0.15) is 0 Å². The van der Waals surface area contributed by atoms with Crippen LogP contribution in [-0.2, 0) is 0 Å². The van der Waals surface area contributed by atoms with E-state index in [9.17, 15) is 4.79 Å². The molecule has 0 aliphatic carbocycles. The van der Waals surface area contributed by atoms with Crippen molar-refractivity contribution < 1.29 is 4.79 Å². The number of hydrogen-bond acceptors (Lipinski definition) is 2. The Balaban J connectivity index is 2.55. The zero-order valence-corrected chi connectivity index (χ0v) is 11.8. The number of benzene rings is 1. The zero-order valence-electron chi connectivity index (χ0n) is 10.2. The molecule has 2 aromatic rings. The van der Waals surface area contributed by atoms with Gasteiger partial charge in [0.25, 0.3) is 5.91 Å². The number of halogens is 1. The number of hydrogen-bond donors (Lipinski definition) is 2. The Hall–Kier alpha value is -1.59. The summed E-state index contributed by atoms with van der Waals surface area (Å²) in [5.41, 5.74) is 5.64. The van der Waals surface area contributed by atoms with Gasteiger partial charge in [-0.3, -0.25) is 10.2 Å². The second-order valence-electron chi connectivity index (χ2n) is 4.07. The number of aryl methyl sites for hydroxylation is 1. The highest BCUT2D eigenvalue weighted by atomic mass is 79.9. The Labute approximate surface area is 114 Å². The van der Waals surface area contributed by atoms with Crippen molar-refractivity contribution in [2.45, 2.75) is 13.8 Å². The van der Waals surface area contributed by atoms with E-state index in [0.717, 1.165) is 21.5 Å². The van der Waals surface area contributed by atoms with Crippen LogP contribution >= 0.6 is 15.9 Å². The van der Waals surface area contributed by atoms with Crippen molar-refractivity contribution in [2.24, 2.45) is 5.84 Å². The number of hydrazine groups is 1. The van der Waals surface area contributed by atoms with E-state index in [-0.39, 0.29) is 5.91 Å². The quantitative estimate of drug-likeness (QED) is 0.508. The van der Waals surface area contributed by atoms with Crippen molar-refractivity contribution in [1.82, 2.24) is 9.99 Å². The minimum Gasteiger partial charge on any atom is -0.318 e. The molecule has 0 fully saturated rings. The highest BCUT2D eigenvalue weighted by Gasteiger charge is 2.15. The molecule has 1 heterocycles. The minimum atomic E-state index is -0.272. The highest BCUT2D eigenvalue weighted by Crippen LogP contribution is 2.22. The standard InChI is InChI=1S/C13H14BrN3O/c1-8-7-12(13(18)16-15)9(2)17(8)11-5-3-10(14)4-6-11/h3-7H,15H2,1-2H3,(H,16,18). The van der Waals surface area contributed by atoms with Crippen molar-refractivity contribution in [3.05, 3.63) is 51.8 Å². The second kappa shape index (κ2) is 4.96. The third kappa shape index (κ3) is 2.19. The van der Waals surface area contributed by atoms with Gasteiger partial charge in [-0.05, 0) is 44.2 Å². The molecule has 0 spiro atoms. The molecule has 0 aliphatic heterocycles. The van der Waals surface area contributed by atoms with Crippen LogP contribution in [0.5, 0.6) is 0 Å². The maximum absolute atomic E-state index is 11.6.